The third-order valence-electron chi connectivity index (χ3n) is 2.37. The van der Waals surface area contributed by atoms with Crippen LogP contribution in [0.2, 0.25) is 4.34 Å². The predicted molar refractivity (Wildman–Crippen MR) is 73.1 cm³/mol. The van der Waals surface area contributed by atoms with Gasteiger partial charge in [0.05, 0.1) is 0 Å². The fraction of sp³-hybridized carbons (Fsp3) is 0.0909. The Kier molecular flexibility index (Phi) is 3.16. The molecule has 0 aliphatic rings. The van der Waals surface area contributed by atoms with E-state index < -0.39 is 0 Å². The van der Waals surface area contributed by atoms with Crippen molar-refractivity contribution in [3.8, 4) is 0 Å². The first-order valence-electron chi connectivity index (χ1n) is 5.02. The average Bonchev–Trinajstić information content (AvgIpc) is 2.94. The van der Waals surface area contributed by atoms with Crippen molar-refractivity contribution in [2.45, 2.75) is 6.54 Å². The van der Waals surface area contributed by atoms with E-state index in [1.807, 2.05) is 30.3 Å². The molecule has 0 aliphatic carbocycles. The van der Waals surface area contributed by atoms with Crippen LogP contribution in [0.1, 0.15) is 4.88 Å². The zero-order valence-electron chi connectivity index (χ0n) is 8.68. The van der Waals surface area contributed by atoms with Crippen molar-refractivity contribution in [3.63, 3.8) is 0 Å². The standard InChI is InChI=1S/C11H8ClN3SSe/c12-10-5-4-7(16-10)6-13-8-2-1-3-9-11(8)15-17-14-9/h1-5,13H,6H2. The Morgan fingerprint density at radius 3 is 3.00 bits per heavy atom. The molecule has 3 nitrogen and oxygen atoms in total. The van der Waals surface area contributed by atoms with E-state index in [-0.39, 0.29) is 15.0 Å². The first-order valence-corrected chi connectivity index (χ1v) is 7.75. The molecule has 2 heterocycles. The molecule has 0 aliphatic heterocycles. The van der Waals surface area contributed by atoms with E-state index in [9.17, 15) is 0 Å². The van der Waals surface area contributed by atoms with Gasteiger partial charge in [0.1, 0.15) is 0 Å². The van der Waals surface area contributed by atoms with Gasteiger partial charge >= 0.3 is 114 Å². The average molecular weight is 329 g/mol. The summed E-state index contributed by atoms with van der Waals surface area (Å²) in [5.41, 5.74) is 3.05. The second-order valence-electron chi connectivity index (χ2n) is 3.50. The van der Waals surface area contributed by atoms with Crippen molar-refractivity contribution in [1.82, 2.24) is 7.96 Å². The number of benzene rings is 1. The van der Waals surface area contributed by atoms with E-state index in [2.05, 4.69) is 13.3 Å². The maximum atomic E-state index is 5.90. The van der Waals surface area contributed by atoms with Crippen LogP contribution < -0.4 is 5.32 Å². The summed E-state index contributed by atoms with van der Waals surface area (Å²) in [5.74, 6) is 0. The molecule has 0 saturated heterocycles. The van der Waals surface area contributed by atoms with Crippen LogP contribution in [0.25, 0.3) is 11.0 Å². The number of hydrogen-bond acceptors (Lipinski definition) is 4. The first-order chi connectivity index (χ1) is 8.33. The molecule has 0 bridgehead atoms. The van der Waals surface area contributed by atoms with Crippen LogP contribution in [0.4, 0.5) is 5.69 Å². The summed E-state index contributed by atoms with van der Waals surface area (Å²) in [6.07, 6.45) is 0. The molecule has 0 atom stereocenters. The van der Waals surface area contributed by atoms with Crippen LogP contribution in [0.15, 0.2) is 30.3 Å². The number of rotatable bonds is 3. The minimum absolute atomic E-state index is 0.0202. The molecule has 0 radical (unpaired) electrons. The van der Waals surface area contributed by atoms with E-state index in [0.29, 0.717) is 0 Å². The van der Waals surface area contributed by atoms with Gasteiger partial charge in [-0.2, -0.15) is 0 Å². The number of hydrogen-bond donors (Lipinski definition) is 1. The molecule has 0 spiro atoms. The first kappa shape index (κ1) is 11.2. The molecule has 1 N–H and O–H groups in total. The van der Waals surface area contributed by atoms with Crippen LogP contribution in [0, 0.1) is 0 Å². The Labute approximate surface area is 114 Å². The molecule has 2 aromatic heterocycles. The van der Waals surface area contributed by atoms with Crippen molar-refractivity contribution < 1.29 is 0 Å². The molecule has 17 heavy (non-hydrogen) atoms. The fourth-order valence-electron chi connectivity index (χ4n) is 1.58. The molecular weight excluding hydrogens is 321 g/mol. The number of nitrogens with zero attached hydrogens (tertiary/aromatic N) is 2. The normalized spacial score (nSPS) is 10.9. The van der Waals surface area contributed by atoms with Crippen molar-refractivity contribution in [1.29, 1.82) is 0 Å². The monoisotopic (exact) mass is 329 g/mol. The quantitative estimate of drug-likeness (QED) is 0.751. The second kappa shape index (κ2) is 4.78. The number of aromatic nitrogens is 2. The van der Waals surface area contributed by atoms with Gasteiger partial charge < -0.3 is 0 Å². The minimum atomic E-state index is 0.0202. The molecule has 1 aromatic carbocycles. The summed E-state index contributed by atoms with van der Waals surface area (Å²) in [6.45, 7) is 0.774. The van der Waals surface area contributed by atoms with Gasteiger partial charge in [-0.25, -0.2) is 0 Å². The van der Waals surface area contributed by atoms with Gasteiger partial charge in [0.15, 0.2) is 0 Å². The van der Waals surface area contributed by atoms with Crippen molar-refractivity contribution in [2.75, 3.05) is 5.32 Å². The van der Waals surface area contributed by atoms with Gasteiger partial charge in [0.2, 0.25) is 0 Å². The Morgan fingerprint density at radius 2 is 2.18 bits per heavy atom. The Hall–Kier alpha value is -0.871. The SMILES string of the molecule is Clc1ccc(CNc2cccc3n[se]nc23)s1. The Bertz CT molecular complexity index is 649. The molecule has 86 valence electrons. The third-order valence-corrected chi connectivity index (χ3v) is 4.74. The van der Waals surface area contributed by atoms with Gasteiger partial charge in [0, 0.05) is 0 Å². The number of thiophene rings is 1. The zero-order chi connectivity index (χ0) is 11.7. The van der Waals surface area contributed by atoms with Crippen LogP contribution in [0.5, 0.6) is 0 Å². The summed E-state index contributed by atoms with van der Waals surface area (Å²) in [6, 6.07) is 9.99. The Balaban J connectivity index is 1.83. The van der Waals surface area contributed by atoms with Gasteiger partial charge in [0.25, 0.3) is 0 Å². The van der Waals surface area contributed by atoms with Crippen molar-refractivity contribution in [2.24, 2.45) is 0 Å². The van der Waals surface area contributed by atoms with E-state index in [0.717, 1.165) is 27.6 Å². The predicted octanol–water partition coefficient (Wildman–Crippen LogP) is 3.01. The molecule has 3 rings (SSSR count). The van der Waals surface area contributed by atoms with Crippen molar-refractivity contribution in [3.05, 3.63) is 39.5 Å². The third kappa shape index (κ3) is 2.38. The molecular formula is C11H8ClN3SSe. The summed E-state index contributed by atoms with van der Waals surface area (Å²) < 4.78 is 9.61. The molecule has 0 fully saturated rings. The van der Waals surface area contributed by atoms with E-state index in [1.165, 1.54) is 4.88 Å². The van der Waals surface area contributed by atoms with Crippen molar-refractivity contribution >= 4 is 54.6 Å². The molecule has 3 aromatic rings. The summed E-state index contributed by atoms with van der Waals surface area (Å²) >= 11 is 7.51. The fourth-order valence-corrected chi connectivity index (χ4v) is 3.76. The van der Waals surface area contributed by atoms with Gasteiger partial charge in [-0.05, 0) is 0 Å². The van der Waals surface area contributed by atoms with Crippen LogP contribution >= 0.6 is 22.9 Å². The molecule has 6 heteroatoms. The summed E-state index contributed by atoms with van der Waals surface area (Å²) in [5, 5.41) is 3.38. The van der Waals surface area contributed by atoms with E-state index in [4.69, 9.17) is 11.6 Å². The van der Waals surface area contributed by atoms with Gasteiger partial charge in [-0.15, -0.1) is 0 Å². The molecule has 0 saturated carbocycles. The number of anilines is 1. The van der Waals surface area contributed by atoms with Crippen LogP contribution in [-0.4, -0.2) is 22.9 Å². The maximum absolute atomic E-state index is 5.90. The second-order valence-corrected chi connectivity index (χ2v) is 6.41. The van der Waals surface area contributed by atoms with E-state index in [1.54, 1.807) is 11.3 Å². The van der Waals surface area contributed by atoms with Gasteiger partial charge in [-0.1, -0.05) is 0 Å². The summed E-state index contributed by atoms with van der Waals surface area (Å²) in [7, 11) is 0. The number of fused-ring (bicyclic) bond motifs is 1. The topological polar surface area (TPSA) is 37.8 Å². The number of halogens is 1. The van der Waals surface area contributed by atoms with Gasteiger partial charge in [-0.3, -0.25) is 0 Å². The Morgan fingerprint density at radius 1 is 1.24 bits per heavy atom. The van der Waals surface area contributed by atoms with Crippen LogP contribution in [0.3, 0.4) is 0 Å². The zero-order valence-corrected chi connectivity index (χ0v) is 12.0. The molecule has 0 amide bonds. The van der Waals surface area contributed by atoms with E-state index >= 15 is 0 Å². The van der Waals surface area contributed by atoms with Crippen LogP contribution in [-0.2, 0) is 6.54 Å². The molecule has 0 unspecified atom stereocenters. The summed E-state index contributed by atoms with van der Waals surface area (Å²) in [4.78, 5) is 1.22. The number of nitrogens with one attached hydrogen (secondary N) is 1.